The van der Waals surface area contributed by atoms with Gasteiger partial charge in [-0.3, -0.25) is 0 Å². The van der Waals surface area contributed by atoms with E-state index in [1.165, 1.54) is 0 Å². The lowest BCUT2D eigenvalue weighted by Crippen LogP contribution is -1.89. The average molecular weight is 208 g/mol. The van der Waals surface area contributed by atoms with E-state index in [-0.39, 0.29) is 12.1 Å². The Morgan fingerprint density at radius 3 is 3.00 bits per heavy atom. The summed E-state index contributed by atoms with van der Waals surface area (Å²) in [5.41, 5.74) is 8.25. The Hall–Kier alpha value is -2.12. The lowest BCUT2D eigenvalue weighted by molar-refractivity contribution is 0.479. The Labute approximate surface area is 84.6 Å². The van der Waals surface area contributed by atoms with E-state index >= 15 is 0 Å². The minimum Gasteiger partial charge on any atom is -0.224 e. The SMILES string of the molecule is [N-]=[N+]=NCCC#Cc1cnc(F)c(F)c1. The van der Waals surface area contributed by atoms with Crippen molar-refractivity contribution in [3.63, 3.8) is 0 Å². The maximum absolute atomic E-state index is 12.6. The first-order valence-electron chi connectivity index (χ1n) is 4.05. The van der Waals surface area contributed by atoms with E-state index in [2.05, 4.69) is 26.9 Å². The van der Waals surface area contributed by atoms with Crippen LogP contribution in [0.1, 0.15) is 12.0 Å². The monoisotopic (exact) mass is 208 g/mol. The first kappa shape index (κ1) is 11.0. The zero-order valence-corrected chi connectivity index (χ0v) is 7.61. The number of hydrogen-bond donors (Lipinski definition) is 0. The van der Waals surface area contributed by atoms with Gasteiger partial charge in [-0.2, -0.15) is 4.39 Å². The van der Waals surface area contributed by atoms with Gasteiger partial charge in [0.1, 0.15) is 0 Å². The van der Waals surface area contributed by atoms with Gasteiger partial charge in [0.25, 0.3) is 0 Å². The molecule has 0 saturated carbocycles. The number of aromatic nitrogens is 1. The van der Waals surface area contributed by atoms with Crippen molar-refractivity contribution < 1.29 is 8.78 Å². The zero-order chi connectivity index (χ0) is 11.1. The summed E-state index contributed by atoms with van der Waals surface area (Å²) in [6.07, 6.45) is 1.50. The first-order chi connectivity index (χ1) is 7.24. The van der Waals surface area contributed by atoms with Gasteiger partial charge in [0.15, 0.2) is 5.82 Å². The molecule has 1 aromatic rings. The Kier molecular flexibility index (Phi) is 4.07. The molecule has 0 fully saturated rings. The van der Waals surface area contributed by atoms with Crippen molar-refractivity contribution in [3.8, 4) is 11.8 Å². The van der Waals surface area contributed by atoms with Crippen LogP contribution in [0.25, 0.3) is 10.4 Å². The molecule has 0 bridgehead atoms. The zero-order valence-electron chi connectivity index (χ0n) is 7.61. The van der Waals surface area contributed by atoms with Crippen molar-refractivity contribution in [2.24, 2.45) is 5.11 Å². The van der Waals surface area contributed by atoms with E-state index in [1.807, 2.05) is 0 Å². The third kappa shape index (κ3) is 3.63. The van der Waals surface area contributed by atoms with Gasteiger partial charge in [-0.05, 0) is 11.6 Å². The lowest BCUT2D eigenvalue weighted by atomic mass is 10.2. The van der Waals surface area contributed by atoms with Crippen LogP contribution in [0.4, 0.5) is 8.78 Å². The number of rotatable bonds is 2. The second-order valence-corrected chi connectivity index (χ2v) is 2.50. The van der Waals surface area contributed by atoms with Crippen molar-refractivity contribution in [2.45, 2.75) is 6.42 Å². The normalized spacial score (nSPS) is 8.67. The second-order valence-electron chi connectivity index (χ2n) is 2.50. The van der Waals surface area contributed by atoms with Gasteiger partial charge in [0.05, 0.1) is 0 Å². The summed E-state index contributed by atoms with van der Waals surface area (Å²) in [4.78, 5) is 5.71. The molecule has 0 aromatic carbocycles. The second kappa shape index (κ2) is 5.58. The van der Waals surface area contributed by atoms with Crippen LogP contribution in [0.15, 0.2) is 17.4 Å². The highest BCUT2D eigenvalue weighted by atomic mass is 19.2. The van der Waals surface area contributed by atoms with Gasteiger partial charge in [-0.25, -0.2) is 9.37 Å². The standard InChI is InChI=1S/C9H6F2N4/c10-8-5-7(6-13-9(8)11)3-1-2-4-14-15-12/h5-6H,2,4H2. The fourth-order valence-electron chi connectivity index (χ4n) is 0.805. The highest BCUT2D eigenvalue weighted by molar-refractivity contribution is 5.31. The number of azide groups is 1. The summed E-state index contributed by atoms with van der Waals surface area (Å²) in [6, 6.07) is 0.961. The maximum atomic E-state index is 12.6. The van der Waals surface area contributed by atoms with E-state index in [0.717, 1.165) is 12.3 Å². The van der Waals surface area contributed by atoms with Crippen molar-refractivity contribution in [1.82, 2.24) is 4.98 Å². The summed E-state index contributed by atoms with van der Waals surface area (Å²) >= 11 is 0. The van der Waals surface area contributed by atoms with E-state index in [4.69, 9.17) is 5.53 Å². The van der Waals surface area contributed by atoms with Crippen LogP contribution in [-0.4, -0.2) is 11.5 Å². The Morgan fingerprint density at radius 2 is 2.33 bits per heavy atom. The molecular weight excluding hydrogens is 202 g/mol. The fraction of sp³-hybridized carbons (Fsp3) is 0.222. The molecule has 0 saturated heterocycles. The molecule has 0 aliphatic carbocycles. The highest BCUT2D eigenvalue weighted by Gasteiger charge is 2.01. The van der Waals surface area contributed by atoms with E-state index in [0.29, 0.717) is 6.42 Å². The van der Waals surface area contributed by atoms with Crippen LogP contribution >= 0.6 is 0 Å². The largest absolute Gasteiger partial charge is 0.248 e. The molecule has 0 amide bonds. The smallest absolute Gasteiger partial charge is 0.224 e. The summed E-state index contributed by atoms with van der Waals surface area (Å²) in [7, 11) is 0. The average Bonchev–Trinajstić information content (AvgIpc) is 2.23. The molecule has 0 radical (unpaired) electrons. The predicted octanol–water partition coefficient (Wildman–Crippen LogP) is 2.41. The van der Waals surface area contributed by atoms with Crippen molar-refractivity contribution in [1.29, 1.82) is 0 Å². The molecule has 1 heterocycles. The number of nitrogens with zero attached hydrogens (tertiary/aromatic N) is 4. The molecule has 15 heavy (non-hydrogen) atoms. The van der Waals surface area contributed by atoms with E-state index in [1.54, 1.807) is 0 Å². The fourth-order valence-corrected chi connectivity index (χ4v) is 0.805. The first-order valence-corrected chi connectivity index (χ1v) is 4.05. The molecule has 0 atom stereocenters. The molecular formula is C9H6F2N4. The topological polar surface area (TPSA) is 61.7 Å². The van der Waals surface area contributed by atoms with Crippen molar-refractivity contribution in [2.75, 3.05) is 6.54 Å². The van der Waals surface area contributed by atoms with Crippen LogP contribution in [-0.2, 0) is 0 Å². The Bertz CT molecular complexity index is 455. The third-order valence-electron chi connectivity index (χ3n) is 1.43. The molecule has 76 valence electrons. The molecule has 0 spiro atoms. The number of pyridine rings is 1. The van der Waals surface area contributed by atoms with Gasteiger partial charge >= 0.3 is 0 Å². The lowest BCUT2D eigenvalue weighted by Gasteiger charge is -1.91. The maximum Gasteiger partial charge on any atom is 0.248 e. The van der Waals surface area contributed by atoms with E-state index in [9.17, 15) is 8.78 Å². The Morgan fingerprint density at radius 1 is 1.53 bits per heavy atom. The summed E-state index contributed by atoms with van der Waals surface area (Å²) in [5.74, 6) is 3.03. The quantitative estimate of drug-likeness (QED) is 0.184. The molecule has 0 aliphatic heterocycles. The van der Waals surface area contributed by atoms with Crippen molar-refractivity contribution >= 4 is 0 Å². The number of hydrogen-bond acceptors (Lipinski definition) is 2. The van der Waals surface area contributed by atoms with Gasteiger partial charge in [-0.1, -0.05) is 17.0 Å². The van der Waals surface area contributed by atoms with Crippen LogP contribution in [0.3, 0.4) is 0 Å². The minimum atomic E-state index is -1.14. The molecule has 4 nitrogen and oxygen atoms in total. The van der Waals surface area contributed by atoms with Crippen LogP contribution in [0.2, 0.25) is 0 Å². The minimum absolute atomic E-state index is 0.251. The molecule has 1 rings (SSSR count). The van der Waals surface area contributed by atoms with Gasteiger partial charge in [0, 0.05) is 29.6 Å². The van der Waals surface area contributed by atoms with Crippen LogP contribution < -0.4 is 0 Å². The summed E-state index contributed by atoms with van der Waals surface area (Å²) < 4.78 is 25.0. The molecule has 6 heteroatoms. The van der Waals surface area contributed by atoms with Crippen LogP contribution in [0, 0.1) is 23.6 Å². The molecule has 0 N–H and O–H groups in total. The van der Waals surface area contributed by atoms with Gasteiger partial charge in [0.2, 0.25) is 5.95 Å². The van der Waals surface area contributed by atoms with Gasteiger partial charge in [-0.15, -0.1) is 0 Å². The summed E-state index contributed by atoms with van der Waals surface area (Å²) in [6.45, 7) is 0.251. The van der Waals surface area contributed by atoms with E-state index < -0.39 is 11.8 Å². The van der Waals surface area contributed by atoms with Crippen molar-refractivity contribution in [3.05, 3.63) is 40.0 Å². The third-order valence-corrected chi connectivity index (χ3v) is 1.43. The molecule has 0 aliphatic rings. The number of halogens is 2. The van der Waals surface area contributed by atoms with Crippen LogP contribution in [0.5, 0.6) is 0 Å². The van der Waals surface area contributed by atoms with Gasteiger partial charge < -0.3 is 0 Å². The summed E-state index contributed by atoms with van der Waals surface area (Å²) in [5, 5.41) is 3.26. The predicted molar refractivity (Wildman–Crippen MR) is 49.7 cm³/mol. The Balaban J connectivity index is 2.64. The highest BCUT2D eigenvalue weighted by Crippen LogP contribution is 2.03. The molecule has 1 aromatic heterocycles. The molecule has 0 unspecified atom stereocenters.